The highest BCUT2D eigenvalue weighted by molar-refractivity contribution is 5.92. The summed E-state index contributed by atoms with van der Waals surface area (Å²) in [6, 6.07) is 19.4. The van der Waals surface area contributed by atoms with Gasteiger partial charge in [0, 0.05) is 5.56 Å². The molecule has 0 saturated heterocycles. The lowest BCUT2D eigenvalue weighted by molar-refractivity contribution is 0.0734. The second-order valence-corrected chi connectivity index (χ2v) is 5.62. The maximum atomic E-state index is 13.9. The van der Waals surface area contributed by atoms with Gasteiger partial charge in [0.05, 0.1) is 17.2 Å². The second-order valence-electron chi connectivity index (χ2n) is 5.62. The van der Waals surface area contributed by atoms with Gasteiger partial charge in [0.2, 0.25) is 0 Å². The van der Waals surface area contributed by atoms with Gasteiger partial charge in [0.15, 0.2) is 0 Å². The molecule has 3 nitrogen and oxygen atoms in total. The number of nitrogens with zero attached hydrogens (tertiary/aromatic N) is 1. The smallest absolute Gasteiger partial charge is 0.343 e. The van der Waals surface area contributed by atoms with Gasteiger partial charge in [-0.2, -0.15) is 5.26 Å². The van der Waals surface area contributed by atoms with E-state index in [1.807, 2.05) is 6.07 Å². The van der Waals surface area contributed by atoms with Crippen molar-refractivity contribution in [2.24, 2.45) is 0 Å². The van der Waals surface area contributed by atoms with Crippen LogP contribution in [0.5, 0.6) is 5.75 Å². The zero-order valence-corrected chi connectivity index (χ0v) is 14.0. The van der Waals surface area contributed by atoms with Crippen LogP contribution in [-0.4, -0.2) is 5.97 Å². The highest BCUT2D eigenvalue weighted by Gasteiger charge is 2.10. The first-order chi connectivity index (χ1) is 13.1. The molecule has 5 heteroatoms. The molecule has 0 N–H and O–H groups in total. The summed E-state index contributed by atoms with van der Waals surface area (Å²) in [4.78, 5) is 12.1. The van der Waals surface area contributed by atoms with Gasteiger partial charge in [-0.05, 0) is 54.1 Å². The molecular formula is C22H13F2NO2. The molecule has 0 fully saturated rings. The molecule has 3 aromatic carbocycles. The number of rotatable bonds is 4. The Hall–Kier alpha value is -3.78. The molecule has 0 bridgehead atoms. The Morgan fingerprint density at radius 3 is 2.41 bits per heavy atom. The standard InChI is InChI=1S/C22H13F2NO2/c23-18-10-8-16(9-11-18)22(26)27-19-5-3-4-15(13-19)12-17(14-25)20-6-1-2-7-21(20)24/h1-13H/b17-12-. The molecule has 0 aromatic heterocycles. The number of benzene rings is 3. The summed E-state index contributed by atoms with van der Waals surface area (Å²) in [5.74, 6) is -1.32. The van der Waals surface area contributed by atoms with Crippen LogP contribution in [0.3, 0.4) is 0 Å². The monoisotopic (exact) mass is 361 g/mol. The molecule has 132 valence electrons. The van der Waals surface area contributed by atoms with E-state index in [0.29, 0.717) is 5.56 Å². The molecule has 0 amide bonds. The molecule has 0 radical (unpaired) electrons. The van der Waals surface area contributed by atoms with E-state index in [1.54, 1.807) is 36.4 Å². The summed E-state index contributed by atoms with van der Waals surface area (Å²) in [6.45, 7) is 0. The fourth-order valence-electron chi connectivity index (χ4n) is 2.44. The topological polar surface area (TPSA) is 50.1 Å². The van der Waals surface area contributed by atoms with Crippen LogP contribution in [0.2, 0.25) is 0 Å². The minimum absolute atomic E-state index is 0.148. The predicted octanol–water partition coefficient (Wildman–Crippen LogP) is 5.25. The van der Waals surface area contributed by atoms with Crippen LogP contribution in [0.4, 0.5) is 8.78 Å². The van der Waals surface area contributed by atoms with E-state index < -0.39 is 17.6 Å². The number of hydrogen-bond donors (Lipinski definition) is 0. The van der Waals surface area contributed by atoms with Crippen LogP contribution >= 0.6 is 0 Å². The molecule has 3 rings (SSSR count). The van der Waals surface area contributed by atoms with Crippen LogP contribution in [0.25, 0.3) is 11.6 Å². The second kappa shape index (κ2) is 8.07. The van der Waals surface area contributed by atoms with E-state index in [1.165, 1.54) is 42.5 Å². The molecule has 0 aliphatic heterocycles. The summed E-state index contributed by atoms with van der Waals surface area (Å²) in [5.41, 5.74) is 1.12. The lowest BCUT2D eigenvalue weighted by atomic mass is 10.0. The van der Waals surface area contributed by atoms with Gasteiger partial charge in [0.1, 0.15) is 17.4 Å². The fourth-order valence-corrected chi connectivity index (χ4v) is 2.44. The van der Waals surface area contributed by atoms with Gasteiger partial charge in [-0.3, -0.25) is 0 Å². The highest BCUT2D eigenvalue weighted by atomic mass is 19.1. The molecule has 0 spiro atoms. The van der Waals surface area contributed by atoms with E-state index in [9.17, 15) is 18.8 Å². The molecule has 0 atom stereocenters. The van der Waals surface area contributed by atoms with Crippen LogP contribution in [-0.2, 0) is 0 Å². The maximum Gasteiger partial charge on any atom is 0.343 e. The Balaban J connectivity index is 1.85. The first-order valence-electron chi connectivity index (χ1n) is 8.01. The van der Waals surface area contributed by atoms with Crippen molar-refractivity contribution in [1.29, 1.82) is 5.26 Å². The number of ether oxygens (including phenoxy) is 1. The number of nitriles is 1. The van der Waals surface area contributed by atoms with E-state index in [4.69, 9.17) is 4.74 Å². The van der Waals surface area contributed by atoms with Crippen molar-refractivity contribution >= 4 is 17.6 Å². The largest absolute Gasteiger partial charge is 0.423 e. The van der Waals surface area contributed by atoms with Crippen LogP contribution in [0, 0.1) is 23.0 Å². The van der Waals surface area contributed by atoms with Gasteiger partial charge in [0.25, 0.3) is 0 Å². The van der Waals surface area contributed by atoms with Crippen molar-refractivity contribution in [3.8, 4) is 11.8 Å². The van der Waals surface area contributed by atoms with Gasteiger partial charge in [-0.1, -0.05) is 30.3 Å². The van der Waals surface area contributed by atoms with Gasteiger partial charge < -0.3 is 4.74 Å². The summed E-state index contributed by atoms with van der Waals surface area (Å²) < 4.78 is 32.1. The van der Waals surface area contributed by atoms with Crippen LogP contribution in [0.15, 0.2) is 72.8 Å². The molecule has 0 saturated carbocycles. The van der Waals surface area contributed by atoms with Crippen molar-refractivity contribution in [1.82, 2.24) is 0 Å². The number of carbonyl (C=O) groups excluding carboxylic acids is 1. The van der Waals surface area contributed by atoms with Gasteiger partial charge >= 0.3 is 5.97 Å². The Morgan fingerprint density at radius 2 is 1.70 bits per heavy atom. The van der Waals surface area contributed by atoms with E-state index in [0.717, 1.165) is 0 Å². The third-order valence-corrected chi connectivity index (χ3v) is 3.74. The zero-order valence-electron chi connectivity index (χ0n) is 14.0. The van der Waals surface area contributed by atoms with Crippen molar-refractivity contribution in [3.05, 3.63) is 101 Å². The predicted molar refractivity (Wildman–Crippen MR) is 97.7 cm³/mol. The molecule has 0 heterocycles. The van der Waals surface area contributed by atoms with E-state index >= 15 is 0 Å². The average molecular weight is 361 g/mol. The quantitative estimate of drug-likeness (QED) is 0.276. The molecule has 3 aromatic rings. The molecule has 0 aliphatic rings. The van der Waals surface area contributed by atoms with Crippen molar-refractivity contribution in [3.63, 3.8) is 0 Å². The number of allylic oxidation sites excluding steroid dienone is 1. The summed E-state index contributed by atoms with van der Waals surface area (Å²) in [5, 5.41) is 9.35. The summed E-state index contributed by atoms with van der Waals surface area (Å²) in [7, 11) is 0. The Bertz CT molecular complexity index is 1050. The zero-order chi connectivity index (χ0) is 19.2. The average Bonchev–Trinajstić information content (AvgIpc) is 2.67. The third-order valence-electron chi connectivity index (χ3n) is 3.74. The fraction of sp³-hybridized carbons (Fsp3) is 0. The van der Waals surface area contributed by atoms with Crippen LogP contribution in [0.1, 0.15) is 21.5 Å². The van der Waals surface area contributed by atoms with Crippen molar-refractivity contribution in [2.45, 2.75) is 0 Å². The first kappa shape index (κ1) is 18.0. The molecular weight excluding hydrogens is 348 g/mol. The SMILES string of the molecule is N#C/C(=C/c1cccc(OC(=O)c2ccc(F)cc2)c1)c1ccccc1F. The molecule has 0 unspecified atom stereocenters. The number of esters is 1. The Labute approximate surface area is 154 Å². The minimum atomic E-state index is -0.634. The van der Waals surface area contributed by atoms with E-state index in [-0.39, 0.29) is 22.4 Å². The third kappa shape index (κ3) is 4.44. The highest BCUT2D eigenvalue weighted by Crippen LogP contribution is 2.23. The molecule has 0 aliphatic carbocycles. The Morgan fingerprint density at radius 1 is 0.963 bits per heavy atom. The normalized spacial score (nSPS) is 10.9. The van der Waals surface area contributed by atoms with Crippen molar-refractivity contribution < 1.29 is 18.3 Å². The summed E-state index contributed by atoms with van der Waals surface area (Å²) >= 11 is 0. The lowest BCUT2D eigenvalue weighted by Crippen LogP contribution is -2.08. The number of hydrogen-bond acceptors (Lipinski definition) is 3. The summed E-state index contributed by atoms with van der Waals surface area (Å²) in [6.07, 6.45) is 1.51. The van der Waals surface area contributed by atoms with Gasteiger partial charge in [-0.15, -0.1) is 0 Å². The minimum Gasteiger partial charge on any atom is -0.423 e. The maximum absolute atomic E-state index is 13.9. The lowest BCUT2D eigenvalue weighted by Gasteiger charge is -2.06. The number of halogens is 2. The Kier molecular flexibility index (Phi) is 5.38. The van der Waals surface area contributed by atoms with Crippen LogP contribution < -0.4 is 4.74 Å². The van der Waals surface area contributed by atoms with Gasteiger partial charge in [-0.25, -0.2) is 13.6 Å². The number of carbonyl (C=O) groups is 1. The van der Waals surface area contributed by atoms with Crippen molar-refractivity contribution in [2.75, 3.05) is 0 Å². The molecule has 27 heavy (non-hydrogen) atoms. The first-order valence-corrected chi connectivity index (χ1v) is 8.01. The van der Waals surface area contributed by atoms with E-state index in [2.05, 4.69) is 0 Å².